The lowest BCUT2D eigenvalue weighted by atomic mass is 9.96. The Kier molecular flexibility index (Phi) is 8.82. The largest absolute Gasteiger partial charge is 0.497 e. The number of aromatic nitrogens is 1. The SMILES string of the molecule is C#CCOc1c(I)cc(/C=c2\sc3n(c2=O)[C@H](c2ccc(OC)cc2)C(C(=O)OC(C)C)=C(C)N=3)cc1OC. The van der Waals surface area contributed by atoms with Gasteiger partial charge in [-0.3, -0.25) is 9.36 Å². The van der Waals surface area contributed by atoms with E-state index in [-0.39, 0.29) is 18.3 Å². The maximum Gasteiger partial charge on any atom is 0.338 e. The van der Waals surface area contributed by atoms with Crippen LogP contribution in [0.4, 0.5) is 0 Å². The Morgan fingerprint density at radius 3 is 2.56 bits per heavy atom. The Balaban J connectivity index is 1.90. The van der Waals surface area contributed by atoms with Crippen LogP contribution in [0.1, 0.15) is 37.9 Å². The Morgan fingerprint density at radius 2 is 1.95 bits per heavy atom. The Morgan fingerprint density at radius 1 is 1.23 bits per heavy atom. The van der Waals surface area contributed by atoms with Crippen LogP contribution in [-0.2, 0) is 9.53 Å². The highest BCUT2D eigenvalue weighted by atomic mass is 127. The van der Waals surface area contributed by atoms with Crippen molar-refractivity contribution in [2.24, 2.45) is 4.99 Å². The van der Waals surface area contributed by atoms with E-state index in [9.17, 15) is 9.59 Å². The summed E-state index contributed by atoms with van der Waals surface area (Å²) in [4.78, 5) is 32.2. The number of esters is 1. The summed E-state index contributed by atoms with van der Waals surface area (Å²) in [6.07, 6.45) is 6.78. The molecule has 0 saturated carbocycles. The number of terminal acetylenes is 1. The van der Waals surface area contributed by atoms with Gasteiger partial charge in [0.05, 0.1) is 45.7 Å². The first kappa shape index (κ1) is 28.4. The number of nitrogens with zero attached hydrogens (tertiary/aromatic N) is 2. The van der Waals surface area contributed by atoms with E-state index in [4.69, 9.17) is 25.4 Å². The lowest BCUT2D eigenvalue weighted by molar-refractivity contribution is -0.143. The fourth-order valence-corrected chi connectivity index (χ4v) is 6.02. The third-order valence-electron chi connectivity index (χ3n) is 5.87. The van der Waals surface area contributed by atoms with E-state index in [1.54, 1.807) is 63.8 Å². The fourth-order valence-electron chi connectivity index (χ4n) is 4.19. The van der Waals surface area contributed by atoms with E-state index in [0.717, 1.165) is 14.7 Å². The van der Waals surface area contributed by atoms with Crippen LogP contribution in [0.15, 0.2) is 57.5 Å². The first-order valence-corrected chi connectivity index (χ1v) is 13.9. The lowest BCUT2D eigenvalue weighted by Crippen LogP contribution is -2.40. The second kappa shape index (κ2) is 12.1. The molecule has 0 bridgehead atoms. The van der Waals surface area contributed by atoms with Gasteiger partial charge in [0.2, 0.25) is 0 Å². The molecular weight excluding hydrogens is 631 g/mol. The predicted octanol–water partition coefficient (Wildman–Crippen LogP) is 3.82. The molecule has 1 aliphatic heterocycles. The summed E-state index contributed by atoms with van der Waals surface area (Å²) < 4.78 is 24.8. The van der Waals surface area contributed by atoms with Gasteiger partial charge in [-0.1, -0.05) is 29.4 Å². The molecule has 1 aromatic heterocycles. The molecule has 0 unspecified atom stereocenters. The van der Waals surface area contributed by atoms with Crippen LogP contribution in [-0.4, -0.2) is 37.5 Å². The van der Waals surface area contributed by atoms with Crippen molar-refractivity contribution in [2.75, 3.05) is 20.8 Å². The normalized spacial score (nSPS) is 14.9. The van der Waals surface area contributed by atoms with Crippen molar-refractivity contribution in [1.29, 1.82) is 0 Å². The third-order valence-corrected chi connectivity index (χ3v) is 7.65. The summed E-state index contributed by atoms with van der Waals surface area (Å²) in [5.74, 6) is 3.64. The zero-order valence-electron chi connectivity index (χ0n) is 22.1. The third kappa shape index (κ3) is 5.89. The van der Waals surface area contributed by atoms with Crippen LogP contribution >= 0.6 is 33.9 Å². The average molecular weight is 659 g/mol. The van der Waals surface area contributed by atoms with Crippen molar-refractivity contribution in [3.8, 4) is 29.6 Å². The van der Waals surface area contributed by atoms with Crippen LogP contribution in [0.3, 0.4) is 0 Å². The molecule has 0 aliphatic carbocycles. The van der Waals surface area contributed by atoms with E-state index in [1.165, 1.54) is 11.3 Å². The van der Waals surface area contributed by atoms with Gasteiger partial charge < -0.3 is 18.9 Å². The zero-order chi connectivity index (χ0) is 28.3. The van der Waals surface area contributed by atoms with Crippen LogP contribution < -0.4 is 29.1 Å². The van der Waals surface area contributed by atoms with Gasteiger partial charge in [-0.15, -0.1) is 6.42 Å². The number of methoxy groups -OCH3 is 2. The van der Waals surface area contributed by atoms with Gasteiger partial charge in [-0.2, -0.15) is 0 Å². The molecule has 0 fully saturated rings. The molecule has 0 saturated heterocycles. The second-order valence-corrected chi connectivity index (χ2v) is 11.0. The van der Waals surface area contributed by atoms with Crippen LogP contribution in [0, 0.1) is 15.9 Å². The maximum atomic E-state index is 13.9. The highest BCUT2D eigenvalue weighted by molar-refractivity contribution is 14.1. The zero-order valence-corrected chi connectivity index (χ0v) is 25.1. The molecule has 1 atom stereocenters. The molecule has 0 spiro atoms. The van der Waals surface area contributed by atoms with Crippen molar-refractivity contribution < 1.29 is 23.7 Å². The number of halogens is 1. The molecule has 4 rings (SSSR count). The van der Waals surface area contributed by atoms with Crippen molar-refractivity contribution in [1.82, 2.24) is 4.57 Å². The number of ether oxygens (including phenoxy) is 4. The van der Waals surface area contributed by atoms with Gasteiger partial charge in [-0.05, 0) is 84.8 Å². The summed E-state index contributed by atoms with van der Waals surface area (Å²) in [5.41, 5.74) is 2.02. The molecule has 2 aromatic carbocycles. The highest BCUT2D eigenvalue weighted by Crippen LogP contribution is 2.34. The van der Waals surface area contributed by atoms with Crippen molar-refractivity contribution in [3.63, 3.8) is 0 Å². The van der Waals surface area contributed by atoms with Gasteiger partial charge >= 0.3 is 5.97 Å². The number of rotatable bonds is 8. The Hall–Kier alpha value is -3.56. The quantitative estimate of drug-likeness (QED) is 0.208. The smallest absolute Gasteiger partial charge is 0.338 e. The molecule has 0 radical (unpaired) electrons. The molecule has 0 N–H and O–H groups in total. The van der Waals surface area contributed by atoms with Crippen LogP contribution in [0.2, 0.25) is 0 Å². The average Bonchev–Trinajstić information content (AvgIpc) is 3.20. The summed E-state index contributed by atoms with van der Waals surface area (Å²) in [7, 11) is 3.12. The standard InChI is InChI=1S/C29H27IN2O6S/c1-7-12-37-26-21(30)13-18(14-22(26)36-6)15-23-27(33)32-25(19-8-10-20(35-5)11-9-19)24(28(34)38-16(2)3)17(4)31-29(32)39-23/h1,8-11,13-16,25H,12H2,2-6H3/b23-15-/t25-/m1/s1. The Labute approximate surface area is 243 Å². The molecule has 10 heteroatoms. The minimum Gasteiger partial charge on any atom is -0.497 e. The topological polar surface area (TPSA) is 88.4 Å². The molecule has 8 nitrogen and oxygen atoms in total. The summed E-state index contributed by atoms with van der Waals surface area (Å²) in [6.45, 7) is 5.43. The van der Waals surface area contributed by atoms with E-state index >= 15 is 0 Å². The van der Waals surface area contributed by atoms with Gasteiger partial charge in [-0.25, -0.2) is 9.79 Å². The first-order chi connectivity index (χ1) is 18.7. The van der Waals surface area contributed by atoms with Crippen molar-refractivity contribution >= 4 is 46.0 Å². The molecule has 202 valence electrons. The van der Waals surface area contributed by atoms with E-state index in [1.807, 2.05) is 18.2 Å². The number of hydrogen-bond acceptors (Lipinski definition) is 8. The minimum absolute atomic E-state index is 0.108. The van der Waals surface area contributed by atoms with Gasteiger partial charge in [0.25, 0.3) is 5.56 Å². The molecule has 39 heavy (non-hydrogen) atoms. The van der Waals surface area contributed by atoms with E-state index in [2.05, 4.69) is 33.5 Å². The van der Waals surface area contributed by atoms with Crippen LogP contribution in [0.5, 0.6) is 17.2 Å². The summed E-state index contributed by atoms with van der Waals surface area (Å²) >= 11 is 3.39. The number of hydrogen-bond donors (Lipinski definition) is 0. The fraction of sp³-hybridized carbons (Fsp3) is 0.276. The molecule has 1 aliphatic rings. The second-order valence-electron chi connectivity index (χ2n) is 8.84. The van der Waals surface area contributed by atoms with E-state index < -0.39 is 12.0 Å². The van der Waals surface area contributed by atoms with Crippen molar-refractivity contribution in [3.05, 3.63) is 82.1 Å². The molecular formula is C29H27IN2O6S. The molecule has 2 heterocycles. The number of carbonyl (C=O) groups excluding carboxylic acids is 1. The highest BCUT2D eigenvalue weighted by Gasteiger charge is 2.33. The number of benzene rings is 2. The first-order valence-electron chi connectivity index (χ1n) is 12.0. The molecule has 0 amide bonds. The molecule has 3 aromatic rings. The summed E-state index contributed by atoms with van der Waals surface area (Å²) in [6, 6.07) is 10.2. The predicted molar refractivity (Wildman–Crippen MR) is 158 cm³/mol. The maximum absolute atomic E-state index is 13.9. The lowest BCUT2D eigenvalue weighted by Gasteiger charge is -2.25. The van der Waals surface area contributed by atoms with Crippen LogP contribution in [0.25, 0.3) is 6.08 Å². The number of thiazole rings is 1. The van der Waals surface area contributed by atoms with Gasteiger partial charge in [0.15, 0.2) is 16.3 Å². The minimum atomic E-state index is -0.713. The number of allylic oxidation sites excluding steroid dienone is 1. The van der Waals surface area contributed by atoms with Crippen molar-refractivity contribution in [2.45, 2.75) is 32.9 Å². The Bertz CT molecular complexity index is 1660. The summed E-state index contributed by atoms with van der Waals surface area (Å²) in [5, 5.41) is 0. The monoisotopic (exact) mass is 658 g/mol. The van der Waals surface area contributed by atoms with Gasteiger partial charge in [0.1, 0.15) is 12.4 Å². The van der Waals surface area contributed by atoms with Gasteiger partial charge in [0, 0.05) is 0 Å². The van der Waals surface area contributed by atoms with E-state index in [0.29, 0.717) is 37.9 Å². The number of fused-ring (bicyclic) bond motifs is 1. The number of carbonyl (C=O) groups is 1.